The van der Waals surface area contributed by atoms with Gasteiger partial charge in [-0.3, -0.25) is 0 Å². The third-order valence-electron chi connectivity index (χ3n) is 0.986. The normalized spacial score (nSPS) is 8.57. The Hall–Kier alpha value is 1.06. The SMILES string of the molecule is CCC([NH-])CC.[Y]. The summed E-state index contributed by atoms with van der Waals surface area (Å²) in [4.78, 5) is 0. The molecule has 0 unspecified atom stereocenters. The molecule has 0 rings (SSSR count). The molecular weight excluding hydrogens is 163 g/mol. The van der Waals surface area contributed by atoms with E-state index in [1.54, 1.807) is 0 Å². The van der Waals surface area contributed by atoms with Crippen LogP contribution in [-0.4, -0.2) is 6.04 Å². The second kappa shape index (κ2) is 7.06. The molecular formula is C5H12NY-. The molecule has 0 aliphatic carbocycles. The van der Waals surface area contributed by atoms with Crippen molar-refractivity contribution < 1.29 is 32.7 Å². The summed E-state index contributed by atoms with van der Waals surface area (Å²) in [5.74, 6) is 0. The van der Waals surface area contributed by atoms with Gasteiger partial charge in [-0.1, -0.05) is 26.7 Å². The largest absolute Gasteiger partial charge is 0.675 e. The molecule has 41 valence electrons. The van der Waals surface area contributed by atoms with E-state index in [4.69, 9.17) is 5.73 Å². The van der Waals surface area contributed by atoms with Crippen LogP contribution >= 0.6 is 0 Å². The van der Waals surface area contributed by atoms with E-state index in [1.165, 1.54) is 0 Å². The van der Waals surface area contributed by atoms with Gasteiger partial charge in [0.2, 0.25) is 0 Å². The Labute approximate surface area is 70.9 Å². The average Bonchev–Trinajstić information content (AvgIpc) is 1.65. The van der Waals surface area contributed by atoms with E-state index in [2.05, 4.69) is 0 Å². The van der Waals surface area contributed by atoms with Gasteiger partial charge in [0.05, 0.1) is 0 Å². The summed E-state index contributed by atoms with van der Waals surface area (Å²) in [5, 5.41) is 0. The van der Waals surface area contributed by atoms with E-state index in [0.717, 1.165) is 12.8 Å². The van der Waals surface area contributed by atoms with Gasteiger partial charge in [-0.2, -0.15) is 0 Å². The van der Waals surface area contributed by atoms with Crippen molar-refractivity contribution in [3.8, 4) is 0 Å². The van der Waals surface area contributed by atoms with Gasteiger partial charge < -0.3 is 5.73 Å². The van der Waals surface area contributed by atoms with Crippen LogP contribution in [0.4, 0.5) is 0 Å². The van der Waals surface area contributed by atoms with E-state index in [9.17, 15) is 0 Å². The Balaban J connectivity index is 0. The van der Waals surface area contributed by atoms with Crippen molar-refractivity contribution in [3.63, 3.8) is 0 Å². The first-order valence-electron chi connectivity index (χ1n) is 2.52. The van der Waals surface area contributed by atoms with Crippen LogP contribution in [0.3, 0.4) is 0 Å². The molecule has 1 N–H and O–H groups in total. The Morgan fingerprint density at radius 2 is 1.57 bits per heavy atom. The predicted molar refractivity (Wildman–Crippen MR) is 28.7 cm³/mol. The zero-order valence-electron chi connectivity index (χ0n) is 5.07. The molecule has 0 atom stereocenters. The molecule has 0 spiro atoms. The van der Waals surface area contributed by atoms with Gasteiger partial charge in [0.1, 0.15) is 0 Å². The number of rotatable bonds is 2. The van der Waals surface area contributed by atoms with Gasteiger partial charge in [0.15, 0.2) is 0 Å². The summed E-state index contributed by atoms with van der Waals surface area (Å²) in [5.41, 5.74) is 7.07. The van der Waals surface area contributed by atoms with E-state index < -0.39 is 0 Å². The number of hydrogen-bond donors (Lipinski definition) is 0. The Morgan fingerprint density at radius 1 is 1.29 bits per heavy atom. The topological polar surface area (TPSA) is 23.8 Å². The molecule has 0 aromatic carbocycles. The maximum absolute atomic E-state index is 7.07. The van der Waals surface area contributed by atoms with Crippen molar-refractivity contribution in [1.29, 1.82) is 0 Å². The summed E-state index contributed by atoms with van der Waals surface area (Å²) in [6, 6.07) is 0.185. The summed E-state index contributed by atoms with van der Waals surface area (Å²) >= 11 is 0. The van der Waals surface area contributed by atoms with Gasteiger partial charge in [-0.25, -0.2) is 0 Å². The van der Waals surface area contributed by atoms with Crippen LogP contribution in [0.15, 0.2) is 0 Å². The van der Waals surface area contributed by atoms with Crippen LogP contribution < -0.4 is 0 Å². The van der Waals surface area contributed by atoms with Crippen LogP contribution in [0.2, 0.25) is 0 Å². The summed E-state index contributed by atoms with van der Waals surface area (Å²) < 4.78 is 0. The zero-order chi connectivity index (χ0) is 4.99. The van der Waals surface area contributed by atoms with Crippen LogP contribution in [0.1, 0.15) is 26.7 Å². The molecule has 0 saturated carbocycles. The van der Waals surface area contributed by atoms with Gasteiger partial charge >= 0.3 is 0 Å². The first-order valence-corrected chi connectivity index (χ1v) is 2.52. The standard InChI is InChI=1S/C5H12N.Y/c1-3-5(6)4-2;/h5-6H,3-4H2,1-2H3;/q-1;. The minimum Gasteiger partial charge on any atom is -0.675 e. The van der Waals surface area contributed by atoms with Crippen LogP contribution in [-0.2, 0) is 32.7 Å². The molecule has 0 aromatic rings. The number of hydrogen-bond acceptors (Lipinski definition) is 0. The van der Waals surface area contributed by atoms with Gasteiger partial charge in [-0.15, -0.1) is 6.04 Å². The van der Waals surface area contributed by atoms with Crippen molar-refractivity contribution >= 4 is 0 Å². The first kappa shape index (κ1) is 10.9. The quantitative estimate of drug-likeness (QED) is 0.614. The van der Waals surface area contributed by atoms with Crippen molar-refractivity contribution in [2.75, 3.05) is 0 Å². The smallest absolute Gasteiger partial charge is 0 e. The second-order valence-corrected chi connectivity index (χ2v) is 1.51. The maximum atomic E-state index is 7.07. The Morgan fingerprint density at radius 3 is 1.57 bits per heavy atom. The predicted octanol–water partition coefficient (Wildman–Crippen LogP) is 2.22. The molecule has 0 bridgehead atoms. The molecule has 0 fully saturated rings. The molecule has 1 nitrogen and oxygen atoms in total. The third-order valence-corrected chi connectivity index (χ3v) is 0.986. The van der Waals surface area contributed by atoms with Crippen molar-refractivity contribution in [1.82, 2.24) is 0 Å². The van der Waals surface area contributed by atoms with Crippen LogP contribution in [0, 0.1) is 0 Å². The Bertz CT molecular complexity index is 27.3. The molecule has 0 aromatic heterocycles. The fraction of sp³-hybridized carbons (Fsp3) is 1.00. The van der Waals surface area contributed by atoms with Gasteiger partial charge in [-0.05, 0) is 0 Å². The minimum absolute atomic E-state index is 0. The van der Waals surface area contributed by atoms with Gasteiger partial charge in [0, 0.05) is 32.7 Å². The molecule has 0 saturated heterocycles. The minimum atomic E-state index is 0. The molecule has 0 heterocycles. The van der Waals surface area contributed by atoms with Crippen molar-refractivity contribution in [2.45, 2.75) is 32.7 Å². The van der Waals surface area contributed by atoms with E-state index in [1.807, 2.05) is 13.8 Å². The van der Waals surface area contributed by atoms with Crippen molar-refractivity contribution in [3.05, 3.63) is 5.73 Å². The zero-order valence-corrected chi connectivity index (χ0v) is 7.91. The Kier molecular flexibility index (Phi) is 11.0. The molecule has 0 aliphatic rings. The number of nitrogens with one attached hydrogen (secondary N) is 1. The van der Waals surface area contributed by atoms with Gasteiger partial charge in [0.25, 0.3) is 0 Å². The fourth-order valence-electron chi connectivity index (χ4n) is 0.289. The van der Waals surface area contributed by atoms with Crippen molar-refractivity contribution in [2.24, 2.45) is 0 Å². The molecule has 0 aliphatic heterocycles. The summed E-state index contributed by atoms with van der Waals surface area (Å²) in [7, 11) is 0. The summed E-state index contributed by atoms with van der Waals surface area (Å²) in [6.45, 7) is 4.09. The molecule has 0 amide bonds. The maximum Gasteiger partial charge on any atom is 0 e. The van der Waals surface area contributed by atoms with Crippen LogP contribution in [0.25, 0.3) is 5.73 Å². The van der Waals surface area contributed by atoms with Crippen LogP contribution in [0.5, 0.6) is 0 Å². The fourth-order valence-corrected chi connectivity index (χ4v) is 0.289. The van der Waals surface area contributed by atoms with E-state index in [0.29, 0.717) is 0 Å². The third kappa shape index (κ3) is 7.06. The molecule has 7 heavy (non-hydrogen) atoms. The first-order chi connectivity index (χ1) is 2.81. The molecule has 2 heteroatoms. The summed E-state index contributed by atoms with van der Waals surface area (Å²) in [6.07, 6.45) is 1.99. The average molecular weight is 175 g/mol. The molecule has 1 radical (unpaired) electrons. The van der Waals surface area contributed by atoms with E-state index >= 15 is 0 Å². The van der Waals surface area contributed by atoms with E-state index in [-0.39, 0.29) is 38.8 Å². The monoisotopic (exact) mass is 175 g/mol. The second-order valence-electron chi connectivity index (χ2n) is 1.51.